The fraction of sp³-hybridized carbons (Fsp3) is 0.667. The van der Waals surface area contributed by atoms with Gasteiger partial charge < -0.3 is 4.90 Å². The van der Waals surface area contributed by atoms with Crippen LogP contribution in [0.2, 0.25) is 0 Å². The van der Waals surface area contributed by atoms with Crippen LogP contribution in [0.3, 0.4) is 0 Å². The minimum atomic E-state index is -0.0197. The summed E-state index contributed by atoms with van der Waals surface area (Å²) >= 11 is 0. The number of fused-ring (bicyclic) bond motifs is 1. The predicted octanol–water partition coefficient (Wildman–Crippen LogP) is 1.33. The molecule has 0 spiro atoms. The van der Waals surface area contributed by atoms with Crippen LogP contribution in [-0.2, 0) is 17.6 Å². The molecular weight excluding hydrogens is 324 g/mol. The van der Waals surface area contributed by atoms with E-state index < -0.39 is 0 Å². The second kappa shape index (κ2) is 6.95. The number of carbonyl (C=O) groups is 1. The van der Waals surface area contributed by atoms with Crippen molar-refractivity contribution in [3.63, 3.8) is 0 Å². The zero-order valence-electron chi connectivity index (χ0n) is 15.5. The largest absolute Gasteiger partial charge is 0.339 e. The highest BCUT2D eigenvalue weighted by Crippen LogP contribution is 2.35. The van der Waals surface area contributed by atoms with E-state index in [2.05, 4.69) is 44.9 Å². The molecule has 0 radical (unpaired) electrons. The first-order valence-electron chi connectivity index (χ1n) is 10.4. The van der Waals surface area contributed by atoms with Gasteiger partial charge in [0.1, 0.15) is 6.04 Å². The first kappa shape index (κ1) is 16.7. The summed E-state index contributed by atoms with van der Waals surface area (Å²) in [7, 11) is 0. The summed E-state index contributed by atoms with van der Waals surface area (Å²) in [6, 6.07) is 10.0. The highest BCUT2D eigenvalue weighted by atomic mass is 16.2. The van der Waals surface area contributed by atoms with E-state index in [1.54, 1.807) is 0 Å². The molecule has 2 heterocycles. The summed E-state index contributed by atoms with van der Waals surface area (Å²) < 4.78 is 0. The monoisotopic (exact) mass is 354 g/mol. The fourth-order valence-electron chi connectivity index (χ4n) is 5.07. The number of amides is 1. The maximum Gasteiger partial charge on any atom is 0.241 e. The third-order valence-corrected chi connectivity index (χ3v) is 6.88. The average Bonchev–Trinajstić information content (AvgIpc) is 3.44. The number of nitrogens with one attached hydrogen (secondary N) is 2. The number of carbonyl (C=O) groups excluding carboxylic acids is 1. The van der Waals surface area contributed by atoms with Gasteiger partial charge in [-0.2, -0.15) is 0 Å². The molecule has 3 fully saturated rings. The van der Waals surface area contributed by atoms with Crippen molar-refractivity contribution in [2.45, 2.75) is 56.7 Å². The van der Waals surface area contributed by atoms with Crippen molar-refractivity contribution in [2.24, 2.45) is 5.92 Å². The predicted molar refractivity (Wildman–Crippen MR) is 102 cm³/mol. The van der Waals surface area contributed by atoms with Crippen molar-refractivity contribution in [3.8, 4) is 0 Å². The van der Waals surface area contributed by atoms with E-state index in [-0.39, 0.29) is 6.04 Å². The molecule has 1 aromatic rings. The minimum absolute atomic E-state index is 0.0197. The lowest BCUT2D eigenvalue weighted by Crippen LogP contribution is -2.56. The van der Waals surface area contributed by atoms with Gasteiger partial charge in [-0.05, 0) is 55.6 Å². The second-order valence-electron chi connectivity index (χ2n) is 8.55. The van der Waals surface area contributed by atoms with Crippen molar-refractivity contribution in [1.29, 1.82) is 0 Å². The average molecular weight is 354 g/mol. The standard InChI is InChI=1S/C21H30N4O/c26-21(20-14-19(22-23-20)16-5-6-16)25-11-9-24(10-12-25)18-8-7-15-3-1-2-4-17(15)13-18/h1-4,16,18-20,22-23H,5-14H2. The maximum absolute atomic E-state index is 12.8. The van der Waals surface area contributed by atoms with E-state index in [4.69, 9.17) is 0 Å². The molecule has 5 rings (SSSR count). The van der Waals surface area contributed by atoms with Crippen LogP contribution in [0.5, 0.6) is 0 Å². The SMILES string of the molecule is O=C(C1CC(C2CC2)NN1)N1CCN(C2CCc3ccccc3C2)CC1. The molecule has 2 aliphatic heterocycles. The lowest BCUT2D eigenvalue weighted by Gasteiger charge is -2.41. The first-order chi connectivity index (χ1) is 12.8. The lowest BCUT2D eigenvalue weighted by molar-refractivity contribution is -0.135. The molecule has 0 aromatic heterocycles. The molecule has 3 atom stereocenters. The van der Waals surface area contributed by atoms with E-state index in [0.717, 1.165) is 38.5 Å². The number of benzene rings is 1. The quantitative estimate of drug-likeness (QED) is 0.860. The number of hydrogen-bond acceptors (Lipinski definition) is 4. The fourth-order valence-corrected chi connectivity index (χ4v) is 5.07. The molecular formula is C21H30N4O. The third-order valence-electron chi connectivity index (χ3n) is 6.88. The van der Waals surface area contributed by atoms with Crippen LogP contribution in [-0.4, -0.2) is 60.0 Å². The third kappa shape index (κ3) is 3.28. The van der Waals surface area contributed by atoms with Crippen LogP contribution in [0.25, 0.3) is 0 Å². The van der Waals surface area contributed by atoms with Crippen molar-refractivity contribution < 1.29 is 4.79 Å². The molecule has 2 aliphatic carbocycles. The van der Waals surface area contributed by atoms with Crippen LogP contribution >= 0.6 is 0 Å². The highest BCUT2D eigenvalue weighted by molar-refractivity contribution is 5.82. The van der Waals surface area contributed by atoms with Gasteiger partial charge in [0, 0.05) is 38.3 Å². The number of hydrogen-bond donors (Lipinski definition) is 2. The van der Waals surface area contributed by atoms with Crippen molar-refractivity contribution >= 4 is 5.91 Å². The van der Waals surface area contributed by atoms with Crippen LogP contribution in [0, 0.1) is 5.92 Å². The van der Waals surface area contributed by atoms with Crippen LogP contribution in [0.15, 0.2) is 24.3 Å². The summed E-state index contributed by atoms with van der Waals surface area (Å²) in [5, 5.41) is 0. The Kier molecular flexibility index (Phi) is 4.47. The zero-order valence-corrected chi connectivity index (χ0v) is 15.5. The molecule has 2 saturated heterocycles. The summed E-state index contributed by atoms with van der Waals surface area (Å²) in [4.78, 5) is 17.5. The molecule has 5 heteroatoms. The van der Waals surface area contributed by atoms with E-state index in [9.17, 15) is 4.79 Å². The number of aryl methyl sites for hydroxylation is 1. The first-order valence-corrected chi connectivity index (χ1v) is 10.4. The Morgan fingerprint density at radius 1 is 0.962 bits per heavy atom. The summed E-state index contributed by atoms with van der Waals surface area (Å²) in [5.41, 5.74) is 9.66. The van der Waals surface area contributed by atoms with Gasteiger partial charge in [-0.1, -0.05) is 24.3 Å². The molecule has 3 unspecified atom stereocenters. The van der Waals surface area contributed by atoms with Gasteiger partial charge in [-0.15, -0.1) is 0 Å². The molecule has 5 nitrogen and oxygen atoms in total. The smallest absolute Gasteiger partial charge is 0.241 e. The molecule has 26 heavy (non-hydrogen) atoms. The number of piperazine rings is 1. The Hall–Kier alpha value is -1.43. The van der Waals surface area contributed by atoms with Crippen molar-refractivity contribution in [3.05, 3.63) is 35.4 Å². The Morgan fingerprint density at radius 3 is 2.50 bits per heavy atom. The normalized spacial score (nSPS) is 32.5. The topological polar surface area (TPSA) is 47.6 Å². The van der Waals surface area contributed by atoms with Crippen molar-refractivity contribution in [2.75, 3.05) is 26.2 Å². The highest BCUT2D eigenvalue weighted by Gasteiger charge is 2.40. The van der Waals surface area contributed by atoms with Crippen molar-refractivity contribution in [1.82, 2.24) is 20.7 Å². The Morgan fingerprint density at radius 2 is 1.73 bits per heavy atom. The molecule has 0 bridgehead atoms. The summed E-state index contributed by atoms with van der Waals surface area (Å²) in [5.74, 6) is 1.10. The molecule has 2 N–H and O–H groups in total. The Balaban J connectivity index is 1.14. The Bertz CT molecular complexity index is 666. The van der Waals surface area contributed by atoms with Crippen LogP contribution in [0.4, 0.5) is 0 Å². The molecule has 1 saturated carbocycles. The molecule has 140 valence electrons. The van der Waals surface area contributed by atoms with Crippen LogP contribution in [0.1, 0.15) is 36.8 Å². The van der Waals surface area contributed by atoms with Gasteiger partial charge in [0.25, 0.3) is 0 Å². The maximum atomic E-state index is 12.8. The van der Waals surface area contributed by atoms with Gasteiger partial charge in [0.05, 0.1) is 0 Å². The number of rotatable bonds is 3. The summed E-state index contributed by atoms with van der Waals surface area (Å²) in [6.45, 7) is 3.79. The molecule has 1 aromatic carbocycles. The van der Waals surface area contributed by atoms with Crippen LogP contribution < -0.4 is 10.9 Å². The van der Waals surface area contributed by atoms with Gasteiger partial charge in [0.15, 0.2) is 0 Å². The van der Waals surface area contributed by atoms with Gasteiger partial charge >= 0.3 is 0 Å². The lowest BCUT2D eigenvalue weighted by atomic mass is 9.87. The van der Waals surface area contributed by atoms with Gasteiger partial charge in [-0.25, -0.2) is 5.43 Å². The summed E-state index contributed by atoms with van der Waals surface area (Å²) in [6.07, 6.45) is 7.22. The van der Waals surface area contributed by atoms with E-state index in [0.29, 0.717) is 18.0 Å². The van der Waals surface area contributed by atoms with E-state index >= 15 is 0 Å². The van der Waals surface area contributed by atoms with Gasteiger partial charge in [0.2, 0.25) is 5.91 Å². The Labute approximate surface area is 156 Å². The number of nitrogens with zero attached hydrogens (tertiary/aromatic N) is 2. The molecule has 1 amide bonds. The zero-order chi connectivity index (χ0) is 17.5. The molecule has 4 aliphatic rings. The van der Waals surface area contributed by atoms with E-state index in [1.807, 2.05) is 0 Å². The second-order valence-corrected chi connectivity index (χ2v) is 8.55. The van der Waals surface area contributed by atoms with E-state index in [1.165, 1.54) is 43.2 Å². The number of hydrazine groups is 1. The van der Waals surface area contributed by atoms with Gasteiger partial charge in [-0.3, -0.25) is 15.1 Å². The minimum Gasteiger partial charge on any atom is -0.339 e.